The van der Waals surface area contributed by atoms with E-state index >= 15 is 0 Å². The van der Waals surface area contributed by atoms with Gasteiger partial charge in [-0.15, -0.1) is 0 Å². The van der Waals surface area contributed by atoms with E-state index in [4.69, 9.17) is 16.0 Å². The topological polar surface area (TPSA) is 58.7 Å². The molecule has 29 heavy (non-hydrogen) atoms. The van der Waals surface area contributed by atoms with Crippen molar-refractivity contribution < 1.29 is 9.21 Å². The Hall–Kier alpha value is -2.57. The summed E-state index contributed by atoms with van der Waals surface area (Å²) in [4.78, 5) is 29.0. The number of carbonyl (C=O) groups is 1. The molecular weight excluding hydrogens is 390 g/mol. The number of rotatable bonds is 5. The van der Waals surface area contributed by atoms with Crippen molar-refractivity contribution in [3.05, 3.63) is 69.2 Å². The second-order valence-electron chi connectivity index (χ2n) is 7.47. The highest BCUT2D eigenvalue weighted by Gasteiger charge is 2.22. The van der Waals surface area contributed by atoms with E-state index in [0.29, 0.717) is 35.8 Å². The molecule has 2 aromatic carbocycles. The number of carbonyl (C=O) groups excluding carboxylic acids is 1. The number of aryl methyl sites for hydroxylation is 2. The molecule has 7 heteroatoms. The van der Waals surface area contributed by atoms with Gasteiger partial charge in [-0.3, -0.25) is 14.3 Å². The molecule has 2 heterocycles. The average molecular weight is 414 g/mol. The second-order valence-corrected chi connectivity index (χ2v) is 7.90. The summed E-state index contributed by atoms with van der Waals surface area (Å²) in [6.45, 7) is 6.47. The molecule has 1 aliphatic rings. The van der Waals surface area contributed by atoms with Crippen molar-refractivity contribution in [2.45, 2.75) is 26.4 Å². The monoisotopic (exact) mass is 413 g/mol. The Morgan fingerprint density at radius 3 is 2.62 bits per heavy atom. The van der Waals surface area contributed by atoms with Gasteiger partial charge in [0, 0.05) is 56.8 Å². The van der Waals surface area contributed by atoms with Gasteiger partial charge in [-0.25, -0.2) is 4.79 Å². The second kappa shape index (κ2) is 8.43. The molecule has 3 aromatic rings. The molecule has 0 unspecified atom stereocenters. The molecule has 0 bridgehead atoms. The predicted molar refractivity (Wildman–Crippen MR) is 113 cm³/mol. The quantitative estimate of drug-likeness (QED) is 0.644. The zero-order valence-electron chi connectivity index (χ0n) is 16.4. The first-order chi connectivity index (χ1) is 14.0. The lowest BCUT2D eigenvalue weighted by atomic mass is 10.1. The van der Waals surface area contributed by atoms with Crippen LogP contribution in [0.5, 0.6) is 0 Å². The van der Waals surface area contributed by atoms with Gasteiger partial charge in [0.2, 0.25) is 5.91 Å². The van der Waals surface area contributed by atoms with Crippen LogP contribution in [0.15, 0.2) is 51.7 Å². The van der Waals surface area contributed by atoms with Crippen LogP contribution in [0.3, 0.4) is 0 Å². The van der Waals surface area contributed by atoms with Gasteiger partial charge >= 0.3 is 5.76 Å². The molecule has 0 spiro atoms. The minimum absolute atomic E-state index is 0.0655. The summed E-state index contributed by atoms with van der Waals surface area (Å²) in [6, 6.07) is 13.5. The van der Waals surface area contributed by atoms with Crippen molar-refractivity contribution in [2.75, 3.05) is 26.2 Å². The number of amides is 1. The van der Waals surface area contributed by atoms with Crippen LogP contribution in [0.25, 0.3) is 11.1 Å². The molecule has 1 aliphatic heterocycles. The molecule has 1 aromatic heterocycles. The number of fused-ring (bicyclic) bond motifs is 1. The van der Waals surface area contributed by atoms with Gasteiger partial charge in [0.1, 0.15) is 0 Å². The van der Waals surface area contributed by atoms with E-state index in [-0.39, 0.29) is 12.3 Å². The van der Waals surface area contributed by atoms with E-state index in [1.165, 1.54) is 15.7 Å². The molecule has 1 amide bonds. The molecule has 152 valence electrons. The van der Waals surface area contributed by atoms with Gasteiger partial charge in [0.15, 0.2) is 5.58 Å². The normalized spacial score (nSPS) is 15.2. The summed E-state index contributed by atoms with van der Waals surface area (Å²) < 4.78 is 6.73. The van der Waals surface area contributed by atoms with Crippen molar-refractivity contribution in [1.82, 2.24) is 14.4 Å². The first-order valence-electron chi connectivity index (χ1n) is 9.85. The fourth-order valence-corrected chi connectivity index (χ4v) is 3.96. The SMILES string of the molecule is Cc1ccccc1CN1CCN(C(=O)CCn2c(=O)oc3cc(Cl)ccc32)CC1. The van der Waals surface area contributed by atoms with Gasteiger partial charge < -0.3 is 9.32 Å². The van der Waals surface area contributed by atoms with Crippen LogP contribution >= 0.6 is 11.6 Å². The van der Waals surface area contributed by atoms with Gasteiger partial charge in [-0.05, 0) is 30.2 Å². The molecule has 1 fully saturated rings. The van der Waals surface area contributed by atoms with Crippen LogP contribution in [0.2, 0.25) is 5.02 Å². The molecule has 0 saturated carbocycles. The van der Waals surface area contributed by atoms with E-state index < -0.39 is 5.76 Å². The maximum atomic E-state index is 12.7. The van der Waals surface area contributed by atoms with Gasteiger partial charge in [-0.1, -0.05) is 35.9 Å². The third kappa shape index (κ3) is 4.38. The average Bonchev–Trinajstić information content (AvgIpc) is 3.02. The largest absolute Gasteiger partial charge is 0.419 e. The number of hydrogen-bond acceptors (Lipinski definition) is 4. The maximum absolute atomic E-state index is 12.7. The summed E-state index contributed by atoms with van der Waals surface area (Å²) in [7, 11) is 0. The van der Waals surface area contributed by atoms with E-state index in [1.54, 1.807) is 18.2 Å². The van der Waals surface area contributed by atoms with Crippen LogP contribution in [0.1, 0.15) is 17.5 Å². The number of piperazine rings is 1. The fourth-order valence-electron chi connectivity index (χ4n) is 3.80. The lowest BCUT2D eigenvalue weighted by molar-refractivity contribution is -0.133. The summed E-state index contributed by atoms with van der Waals surface area (Å²) in [5, 5.41) is 0.512. The van der Waals surface area contributed by atoms with E-state index in [9.17, 15) is 9.59 Å². The minimum Gasteiger partial charge on any atom is -0.408 e. The summed E-state index contributed by atoms with van der Waals surface area (Å²) in [5.74, 6) is -0.395. The summed E-state index contributed by atoms with van der Waals surface area (Å²) in [5.41, 5.74) is 3.73. The van der Waals surface area contributed by atoms with Gasteiger partial charge in [0.05, 0.1) is 5.52 Å². The molecule has 6 nitrogen and oxygen atoms in total. The summed E-state index contributed by atoms with van der Waals surface area (Å²) >= 11 is 5.94. The Balaban J connectivity index is 1.32. The lowest BCUT2D eigenvalue weighted by Gasteiger charge is -2.35. The Kier molecular flexibility index (Phi) is 5.74. The number of benzene rings is 2. The van der Waals surface area contributed by atoms with Crippen molar-refractivity contribution in [3.8, 4) is 0 Å². The zero-order chi connectivity index (χ0) is 20.4. The molecule has 1 saturated heterocycles. The molecule has 0 N–H and O–H groups in total. The standard InChI is InChI=1S/C22H24ClN3O3/c1-16-4-2-3-5-17(16)15-24-10-12-25(13-11-24)21(27)8-9-26-19-7-6-18(23)14-20(19)29-22(26)28/h2-7,14H,8-13,15H2,1H3. The maximum Gasteiger partial charge on any atom is 0.419 e. The highest BCUT2D eigenvalue weighted by molar-refractivity contribution is 6.31. The molecule has 4 rings (SSSR count). The zero-order valence-corrected chi connectivity index (χ0v) is 17.2. The molecular formula is C22H24ClN3O3. The van der Waals surface area contributed by atoms with Crippen molar-refractivity contribution >= 4 is 28.6 Å². The van der Waals surface area contributed by atoms with Crippen LogP contribution in [-0.2, 0) is 17.9 Å². The molecule has 0 atom stereocenters. The van der Waals surface area contributed by atoms with Crippen LogP contribution < -0.4 is 5.76 Å². The van der Waals surface area contributed by atoms with Crippen molar-refractivity contribution in [3.63, 3.8) is 0 Å². The Bertz CT molecular complexity index is 1080. The van der Waals surface area contributed by atoms with Crippen LogP contribution in [-0.4, -0.2) is 46.5 Å². The third-order valence-corrected chi connectivity index (χ3v) is 5.79. The van der Waals surface area contributed by atoms with Crippen LogP contribution in [0.4, 0.5) is 0 Å². The first-order valence-corrected chi connectivity index (χ1v) is 10.2. The van der Waals surface area contributed by atoms with E-state index in [1.807, 2.05) is 4.90 Å². The van der Waals surface area contributed by atoms with E-state index in [2.05, 4.69) is 36.1 Å². The van der Waals surface area contributed by atoms with Crippen LogP contribution in [0, 0.1) is 6.92 Å². The van der Waals surface area contributed by atoms with Gasteiger partial charge in [-0.2, -0.15) is 0 Å². The number of halogens is 1. The first kappa shape index (κ1) is 19.7. The number of hydrogen-bond donors (Lipinski definition) is 0. The fraction of sp³-hybridized carbons (Fsp3) is 0.364. The molecule has 0 aliphatic carbocycles. The summed E-state index contributed by atoms with van der Waals surface area (Å²) in [6.07, 6.45) is 0.273. The minimum atomic E-state index is -0.460. The molecule has 0 radical (unpaired) electrons. The van der Waals surface area contributed by atoms with Crippen molar-refractivity contribution in [2.24, 2.45) is 0 Å². The highest BCUT2D eigenvalue weighted by Crippen LogP contribution is 2.19. The van der Waals surface area contributed by atoms with Gasteiger partial charge in [0.25, 0.3) is 0 Å². The highest BCUT2D eigenvalue weighted by atomic mass is 35.5. The Morgan fingerprint density at radius 1 is 1.10 bits per heavy atom. The predicted octanol–water partition coefficient (Wildman–Crippen LogP) is 3.29. The Morgan fingerprint density at radius 2 is 1.86 bits per heavy atom. The lowest BCUT2D eigenvalue weighted by Crippen LogP contribution is -2.48. The smallest absolute Gasteiger partial charge is 0.408 e. The third-order valence-electron chi connectivity index (χ3n) is 5.56. The Labute approximate surface area is 174 Å². The van der Waals surface area contributed by atoms with E-state index in [0.717, 1.165) is 19.6 Å². The van der Waals surface area contributed by atoms with Crippen molar-refractivity contribution in [1.29, 1.82) is 0 Å². The number of oxazole rings is 1. The number of aromatic nitrogens is 1. The number of nitrogens with zero attached hydrogens (tertiary/aromatic N) is 3.